The van der Waals surface area contributed by atoms with Gasteiger partial charge >= 0.3 is 0 Å². The fourth-order valence-electron chi connectivity index (χ4n) is 3.32. The normalized spacial score (nSPS) is 26.0. The van der Waals surface area contributed by atoms with Crippen molar-refractivity contribution in [1.29, 1.82) is 0 Å². The number of hydrogen-bond donors (Lipinski definition) is 2. The van der Waals surface area contributed by atoms with Gasteiger partial charge in [-0.25, -0.2) is 0 Å². The third-order valence-electron chi connectivity index (χ3n) is 4.54. The van der Waals surface area contributed by atoms with Gasteiger partial charge in [0.25, 0.3) is 0 Å². The molecular formula is C15H22N4O2. The van der Waals surface area contributed by atoms with Crippen molar-refractivity contribution in [2.45, 2.75) is 51.6 Å². The molecule has 2 aliphatic rings. The van der Waals surface area contributed by atoms with Gasteiger partial charge in [-0.15, -0.1) is 0 Å². The smallest absolute Gasteiger partial charge is 0.226 e. The van der Waals surface area contributed by atoms with Gasteiger partial charge in [0.2, 0.25) is 11.8 Å². The van der Waals surface area contributed by atoms with E-state index >= 15 is 0 Å². The number of aryl methyl sites for hydroxylation is 1. The van der Waals surface area contributed by atoms with Crippen molar-refractivity contribution in [1.82, 2.24) is 20.4 Å². The maximum Gasteiger partial charge on any atom is 0.226 e. The second-order valence-corrected chi connectivity index (χ2v) is 6.05. The first-order valence-electron chi connectivity index (χ1n) is 7.76. The molecule has 0 spiro atoms. The van der Waals surface area contributed by atoms with Crippen LogP contribution in [0.2, 0.25) is 0 Å². The molecule has 0 aromatic carbocycles. The number of carbonyl (C=O) groups is 2. The average Bonchev–Trinajstić information content (AvgIpc) is 2.83. The molecule has 114 valence electrons. The summed E-state index contributed by atoms with van der Waals surface area (Å²) in [5.74, 6) is -0.0419. The van der Waals surface area contributed by atoms with Crippen LogP contribution in [0.25, 0.3) is 0 Å². The monoisotopic (exact) mass is 290 g/mol. The van der Waals surface area contributed by atoms with E-state index in [9.17, 15) is 9.59 Å². The van der Waals surface area contributed by atoms with Crippen molar-refractivity contribution in [3.05, 3.63) is 17.5 Å². The molecule has 3 heterocycles. The van der Waals surface area contributed by atoms with Crippen LogP contribution in [0.1, 0.15) is 43.9 Å². The summed E-state index contributed by atoms with van der Waals surface area (Å²) in [5.41, 5.74) is 2.24. The van der Waals surface area contributed by atoms with Crippen LogP contribution < -0.4 is 5.32 Å². The summed E-state index contributed by atoms with van der Waals surface area (Å²) in [6.45, 7) is 3.41. The van der Waals surface area contributed by atoms with E-state index in [1.807, 2.05) is 18.0 Å². The zero-order valence-electron chi connectivity index (χ0n) is 12.4. The minimum atomic E-state index is -0.169. The molecule has 6 nitrogen and oxygen atoms in total. The highest BCUT2D eigenvalue weighted by Gasteiger charge is 2.33. The summed E-state index contributed by atoms with van der Waals surface area (Å²) in [6.07, 6.45) is 5.64. The highest BCUT2D eigenvalue weighted by Crippen LogP contribution is 2.24. The lowest BCUT2D eigenvalue weighted by molar-refractivity contribution is -0.141. The Labute approximate surface area is 124 Å². The molecule has 2 N–H and O–H groups in total. The standard InChI is InChI=1S/C15H22N4O2/c1-2-12-6-10(7-14(20)17-12)15(21)19-5-3-4-13-11(9-19)8-16-18-13/h8,10,12H,2-7,9H2,1H3,(H,16,18)(H,17,20). The largest absolute Gasteiger partial charge is 0.353 e. The minimum Gasteiger partial charge on any atom is -0.353 e. The third-order valence-corrected chi connectivity index (χ3v) is 4.54. The molecule has 0 bridgehead atoms. The van der Waals surface area contributed by atoms with Crippen LogP contribution in [0.4, 0.5) is 0 Å². The molecule has 1 aromatic heterocycles. The summed E-state index contributed by atoms with van der Waals surface area (Å²) < 4.78 is 0. The number of aromatic amines is 1. The van der Waals surface area contributed by atoms with Crippen LogP contribution in [0.15, 0.2) is 6.20 Å². The molecule has 2 aliphatic heterocycles. The Morgan fingerprint density at radius 2 is 2.38 bits per heavy atom. The fourth-order valence-corrected chi connectivity index (χ4v) is 3.32. The molecule has 2 unspecified atom stereocenters. The molecule has 1 saturated heterocycles. The lowest BCUT2D eigenvalue weighted by Crippen LogP contribution is -2.47. The summed E-state index contributed by atoms with van der Waals surface area (Å²) >= 11 is 0. The Bertz CT molecular complexity index is 540. The molecule has 1 aromatic rings. The first kappa shape index (κ1) is 14.1. The number of piperidine rings is 1. The van der Waals surface area contributed by atoms with Crippen LogP contribution in [0.3, 0.4) is 0 Å². The molecule has 1 fully saturated rings. The molecule has 3 rings (SSSR count). The first-order chi connectivity index (χ1) is 10.2. The number of rotatable bonds is 2. The molecule has 2 amide bonds. The maximum absolute atomic E-state index is 12.8. The SMILES string of the molecule is CCC1CC(C(=O)N2CCCc3[nH]ncc3C2)CC(=O)N1. The maximum atomic E-state index is 12.8. The number of amides is 2. The van der Waals surface area contributed by atoms with E-state index in [-0.39, 0.29) is 23.8 Å². The van der Waals surface area contributed by atoms with Gasteiger partial charge in [0, 0.05) is 42.7 Å². The van der Waals surface area contributed by atoms with E-state index in [0.717, 1.165) is 43.5 Å². The topological polar surface area (TPSA) is 78.1 Å². The first-order valence-corrected chi connectivity index (χ1v) is 7.76. The summed E-state index contributed by atoms with van der Waals surface area (Å²) in [6, 6.07) is 0.136. The van der Waals surface area contributed by atoms with Gasteiger partial charge in [0.1, 0.15) is 0 Å². The molecule has 0 aliphatic carbocycles. The van der Waals surface area contributed by atoms with E-state index in [0.29, 0.717) is 13.0 Å². The zero-order chi connectivity index (χ0) is 14.8. The molecule has 21 heavy (non-hydrogen) atoms. The summed E-state index contributed by atoms with van der Waals surface area (Å²) in [5, 5.41) is 10.0. The van der Waals surface area contributed by atoms with Gasteiger partial charge in [-0.05, 0) is 25.7 Å². The summed E-state index contributed by atoms with van der Waals surface area (Å²) in [7, 11) is 0. The molecule has 2 atom stereocenters. The fraction of sp³-hybridized carbons (Fsp3) is 0.667. The van der Waals surface area contributed by atoms with Crippen molar-refractivity contribution >= 4 is 11.8 Å². The van der Waals surface area contributed by atoms with Crippen LogP contribution in [-0.4, -0.2) is 39.5 Å². The van der Waals surface area contributed by atoms with E-state index in [1.54, 1.807) is 0 Å². The van der Waals surface area contributed by atoms with Crippen molar-refractivity contribution in [3.8, 4) is 0 Å². The molecule has 6 heteroatoms. The van der Waals surface area contributed by atoms with Gasteiger partial charge in [-0.2, -0.15) is 5.10 Å². The van der Waals surface area contributed by atoms with Gasteiger partial charge < -0.3 is 10.2 Å². The lowest BCUT2D eigenvalue weighted by atomic mass is 9.89. The average molecular weight is 290 g/mol. The van der Waals surface area contributed by atoms with Gasteiger partial charge in [-0.3, -0.25) is 14.7 Å². The number of aromatic nitrogens is 2. The Kier molecular flexibility index (Phi) is 3.94. The van der Waals surface area contributed by atoms with E-state index in [2.05, 4.69) is 15.5 Å². The highest BCUT2D eigenvalue weighted by atomic mass is 16.2. The molecule has 0 saturated carbocycles. The minimum absolute atomic E-state index is 0.00488. The van der Waals surface area contributed by atoms with Gasteiger partial charge in [-0.1, -0.05) is 6.92 Å². The van der Waals surface area contributed by atoms with Crippen molar-refractivity contribution in [3.63, 3.8) is 0 Å². The predicted octanol–water partition coefficient (Wildman–Crippen LogP) is 0.989. The van der Waals surface area contributed by atoms with Crippen LogP contribution in [0.5, 0.6) is 0 Å². The number of carbonyl (C=O) groups excluding carboxylic acids is 2. The van der Waals surface area contributed by atoms with Crippen LogP contribution in [-0.2, 0) is 22.6 Å². The summed E-state index contributed by atoms with van der Waals surface area (Å²) in [4.78, 5) is 26.4. The number of fused-ring (bicyclic) bond motifs is 1. The van der Waals surface area contributed by atoms with E-state index < -0.39 is 0 Å². The van der Waals surface area contributed by atoms with Crippen LogP contribution >= 0.6 is 0 Å². The predicted molar refractivity (Wildman–Crippen MR) is 77.3 cm³/mol. The quantitative estimate of drug-likeness (QED) is 0.852. The van der Waals surface area contributed by atoms with Gasteiger partial charge in [0.05, 0.1) is 6.20 Å². The second kappa shape index (κ2) is 5.87. The van der Waals surface area contributed by atoms with Crippen LogP contribution in [0, 0.1) is 5.92 Å². The van der Waals surface area contributed by atoms with E-state index in [1.165, 1.54) is 0 Å². The second-order valence-electron chi connectivity index (χ2n) is 6.05. The number of hydrogen-bond acceptors (Lipinski definition) is 3. The number of nitrogens with one attached hydrogen (secondary N) is 2. The zero-order valence-corrected chi connectivity index (χ0v) is 12.4. The number of H-pyrrole nitrogens is 1. The van der Waals surface area contributed by atoms with Gasteiger partial charge in [0.15, 0.2) is 0 Å². The van der Waals surface area contributed by atoms with E-state index in [4.69, 9.17) is 0 Å². The Balaban J connectivity index is 1.71. The third kappa shape index (κ3) is 2.94. The van der Waals surface area contributed by atoms with Crippen molar-refractivity contribution in [2.24, 2.45) is 5.92 Å². The Hall–Kier alpha value is -1.85. The Morgan fingerprint density at radius 3 is 3.19 bits per heavy atom. The molecule has 0 radical (unpaired) electrons. The van der Waals surface area contributed by atoms with Crippen molar-refractivity contribution < 1.29 is 9.59 Å². The number of nitrogens with zero attached hydrogens (tertiary/aromatic N) is 2. The lowest BCUT2D eigenvalue weighted by Gasteiger charge is -2.32. The molecular weight excluding hydrogens is 268 g/mol. The Morgan fingerprint density at radius 1 is 1.52 bits per heavy atom. The van der Waals surface area contributed by atoms with Crippen molar-refractivity contribution in [2.75, 3.05) is 6.54 Å². The highest BCUT2D eigenvalue weighted by molar-refractivity contribution is 5.87.